The molecule has 2 atom stereocenters. The fourth-order valence-electron chi connectivity index (χ4n) is 3.07. The predicted octanol–water partition coefficient (Wildman–Crippen LogP) is 2.83. The number of rotatable bonds is 7. The number of ether oxygens (including phenoxy) is 2. The van der Waals surface area contributed by atoms with Crippen molar-refractivity contribution in [1.29, 1.82) is 0 Å². The summed E-state index contributed by atoms with van der Waals surface area (Å²) in [4.78, 5) is 7.43. The lowest BCUT2D eigenvalue weighted by Crippen LogP contribution is -2.45. The van der Waals surface area contributed by atoms with E-state index in [2.05, 4.69) is 27.5 Å². The molecule has 2 heterocycles. The van der Waals surface area contributed by atoms with Gasteiger partial charge in [0, 0.05) is 43.3 Å². The summed E-state index contributed by atoms with van der Waals surface area (Å²) in [5.74, 6) is 0.514. The Morgan fingerprint density at radius 1 is 1.48 bits per heavy atom. The van der Waals surface area contributed by atoms with Crippen LogP contribution in [0.2, 0.25) is 0 Å². The van der Waals surface area contributed by atoms with E-state index in [-0.39, 0.29) is 41.9 Å². The van der Waals surface area contributed by atoms with Gasteiger partial charge < -0.3 is 25.1 Å². The van der Waals surface area contributed by atoms with E-state index in [9.17, 15) is 4.39 Å². The molecule has 1 fully saturated rings. The lowest BCUT2D eigenvalue weighted by atomic mass is 10.1. The van der Waals surface area contributed by atoms with Crippen LogP contribution < -0.4 is 10.6 Å². The van der Waals surface area contributed by atoms with Crippen molar-refractivity contribution in [3.8, 4) is 0 Å². The summed E-state index contributed by atoms with van der Waals surface area (Å²) < 4.78 is 24.6. The SMILES string of the molecule is CN=C(NCCc1c[nH]c2ccc(F)cc12)NC(C)COC1CCOC1.I. The first-order valence-electron chi connectivity index (χ1n) is 9.07. The summed E-state index contributed by atoms with van der Waals surface area (Å²) >= 11 is 0. The first kappa shape index (κ1) is 21.9. The van der Waals surface area contributed by atoms with Crippen LogP contribution in [0.1, 0.15) is 18.9 Å². The summed E-state index contributed by atoms with van der Waals surface area (Å²) in [6.45, 7) is 4.84. The number of H-pyrrole nitrogens is 1. The molecule has 1 aliphatic rings. The van der Waals surface area contributed by atoms with Gasteiger partial charge in [-0.1, -0.05) is 0 Å². The van der Waals surface area contributed by atoms with Gasteiger partial charge in [0.2, 0.25) is 0 Å². The maximum Gasteiger partial charge on any atom is 0.191 e. The molecule has 1 aromatic carbocycles. The summed E-state index contributed by atoms with van der Waals surface area (Å²) in [5.41, 5.74) is 2.03. The van der Waals surface area contributed by atoms with Crippen molar-refractivity contribution < 1.29 is 13.9 Å². The van der Waals surface area contributed by atoms with Crippen LogP contribution in [-0.4, -0.2) is 56.5 Å². The topological polar surface area (TPSA) is 70.7 Å². The van der Waals surface area contributed by atoms with Crippen molar-refractivity contribution in [2.45, 2.75) is 31.9 Å². The van der Waals surface area contributed by atoms with Gasteiger partial charge in [0.1, 0.15) is 5.82 Å². The summed E-state index contributed by atoms with van der Waals surface area (Å²) in [7, 11) is 1.74. The fraction of sp³-hybridized carbons (Fsp3) is 0.526. The van der Waals surface area contributed by atoms with Crippen LogP contribution in [0.25, 0.3) is 10.9 Å². The minimum absolute atomic E-state index is 0. The average Bonchev–Trinajstić information content (AvgIpc) is 3.29. The third kappa shape index (κ3) is 6.32. The summed E-state index contributed by atoms with van der Waals surface area (Å²) in [5, 5.41) is 7.55. The highest BCUT2D eigenvalue weighted by Crippen LogP contribution is 2.19. The van der Waals surface area contributed by atoms with E-state index in [4.69, 9.17) is 9.47 Å². The predicted molar refractivity (Wildman–Crippen MR) is 117 cm³/mol. The molecular weight excluding hydrogens is 462 g/mol. The minimum atomic E-state index is -0.217. The molecule has 1 saturated heterocycles. The second-order valence-corrected chi connectivity index (χ2v) is 6.62. The molecule has 3 rings (SSSR count). The highest BCUT2D eigenvalue weighted by Gasteiger charge is 2.17. The fourth-order valence-corrected chi connectivity index (χ4v) is 3.07. The molecule has 0 spiro atoms. The molecule has 27 heavy (non-hydrogen) atoms. The Bertz CT molecular complexity index is 746. The van der Waals surface area contributed by atoms with Crippen LogP contribution in [-0.2, 0) is 15.9 Å². The van der Waals surface area contributed by atoms with Crippen molar-refractivity contribution in [2.24, 2.45) is 4.99 Å². The van der Waals surface area contributed by atoms with Crippen molar-refractivity contribution in [2.75, 3.05) is 33.4 Å². The van der Waals surface area contributed by atoms with Crippen molar-refractivity contribution in [1.82, 2.24) is 15.6 Å². The number of fused-ring (bicyclic) bond motifs is 1. The van der Waals surface area contributed by atoms with E-state index in [1.807, 2.05) is 6.20 Å². The number of halogens is 2. The van der Waals surface area contributed by atoms with Crippen LogP contribution in [0, 0.1) is 5.82 Å². The van der Waals surface area contributed by atoms with Crippen molar-refractivity contribution in [3.05, 3.63) is 35.8 Å². The number of aromatic amines is 1. The van der Waals surface area contributed by atoms with E-state index in [0.717, 1.165) is 41.9 Å². The van der Waals surface area contributed by atoms with Gasteiger partial charge in [-0.2, -0.15) is 0 Å². The molecule has 1 aliphatic heterocycles. The number of aliphatic imine (C=N–C) groups is 1. The van der Waals surface area contributed by atoms with Gasteiger partial charge in [-0.15, -0.1) is 24.0 Å². The first-order valence-corrected chi connectivity index (χ1v) is 9.07. The second-order valence-electron chi connectivity index (χ2n) is 6.62. The van der Waals surface area contributed by atoms with Crippen LogP contribution in [0.4, 0.5) is 4.39 Å². The molecule has 1 aromatic heterocycles. The van der Waals surface area contributed by atoms with Crippen LogP contribution in [0.3, 0.4) is 0 Å². The molecule has 0 radical (unpaired) electrons. The maximum atomic E-state index is 13.4. The molecule has 2 aromatic rings. The number of nitrogens with one attached hydrogen (secondary N) is 3. The van der Waals surface area contributed by atoms with E-state index >= 15 is 0 Å². The van der Waals surface area contributed by atoms with Crippen LogP contribution in [0.15, 0.2) is 29.4 Å². The highest BCUT2D eigenvalue weighted by molar-refractivity contribution is 14.0. The van der Waals surface area contributed by atoms with E-state index < -0.39 is 0 Å². The van der Waals surface area contributed by atoms with E-state index in [1.165, 1.54) is 6.07 Å². The largest absolute Gasteiger partial charge is 0.379 e. The molecule has 0 bridgehead atoms. The smallest absolute Gasteiger partial charge is 0.191 e. The Labute approximate surface area is 176 Å². The molecule has 3 N–H and O–H groups in total. The van der Waals surface area contributed by atoms with Crippen LogP contribution in [0.5, 0.6) is 0 Å². The second kappa shape index (κ2) is 10.8. The van der Waals surface area contributed by atoms with Gasteiger partial charge >= 0.3 is 0 Å². The summed E-state index contributed by atoms with van der Waals surface area (Å²) in [6, 6.07) is 4.94. The van der Waals surface area contributed by atoms with Crippen molar-refractivity contribution >= 4 is 40.8 Å². The molecule has 0 aliphatic carbocycles. The lowest BCUT2D eigenvalue weighted by Gasteiger charge is -2.19. The molecule has 0 amide bonds. The average molecular weight is 490 g/mol. The third-order valence-electron chi connectivity index (χ3n) is 4.49. The van der Waals surface area contributed by atoms with Gasteiger partial charge in [0.05, 0.1) is 19.3 Å². The van der Waals surface area contributed by atoms with Gasteiger partial charge in [-0.3, -0.25) is 4.99 Å². The third-order valence-corrected chi connectivity index (χ3v) is 4.49. The zero-order valence-corrected chi connectivity index (χ0v) is 18.1. The minimum Gasteiger partial charge on any atom is -0.379 e. The number of aromatic nitrogens is 1. The zero-order chi connectivity index (χ0) is 18.4. The Morgan fingerprint density at radius 2 is 2.33 bits per heavy atom. The molecule has 0 saturated carbocycles. The quantitative estimate of drug-likeness (QED) is 0.317. The summed E-state index contributed by atoms with van der Waals surface area (Å²) in [6.07, 6.45) is 3.87. The molecule has 8 heteroatoms. The zero-order valence-electron chi connectivity index (χ0n) is 15.8. The standard InChI is InChI=1S/C19H27FN4O2.HI/c1-13(11-26-16-6-8-25-12-16)24-19(21-2)22-7-5-14-10-23-18-4-3-15(20)9-17(14)18;/h3-4,9-10,13,16,23H,5-8,11-12H2,1-2H3,(H2,21,22,24);1H. The normalized spacial score (nSPS) is 18.3. The number of hydrogen-bond donors (Lipinski definition) is 3. The van der Waals surface area contributed by atoms with E-state index in [1.54, 1.807) is 19.2 Å². The molecule has 6 nitrogen and oxygen atoms in total. The molecular formula is C19H28FIN4O2. The monoisotopic (exact) mass is 490 g/mol. The van der Waals surface area contributed by atoms with E-state index in [0.29, 0.717) is 19.8 Å². The first-order chi connectivity index (χ1) is 12.7. The Balaban J connectivity index is 0.00000261. The number of nitrogens with zero attached hydrogens (tertiary/aromatic N) is 1. The highest BCUT2D eigenvalue weighted by atomic mass is 127. The van der Waals surface area contributed by atoms with Gasteiger partial charge in [-0.25, -0.2) is 4.39 Å². The molecule has 2 unspecified atom stereocenters. The van der Waals surface area contributed by atoms with Crippen LogP contribution >= 0.6 is 24.0 Å². The maximum absolute atomic E-state index is 13.4. The number of benzene rings is 1. The Kier molecular flexibility index (Phi) is 8.78. The molecule has 150 valence electrons. The lowest BCUT2D eigenvalue weighted by molar-refractivity contribution is 0.0347. The van der Waals surface area contributed by atoms with Crippen molar-refractivity contribution in [3.63, 3.8) is 0 Å². The van der Waals surface area contributed by atoms with Gasteiger partial charge in [-0.05, 0) is 43.5 Å². The Hall–Kier alpha value is -1.39. The van der Waals surface area contributed by atoms with Gasteiger partial charge in [0.25, 0.3) is 0 Å². The van der Waals surface area contributed by atoms with Gasteiger partial charge in [0.15, 0.2) is 5.96 Å². The number of guanidine groups is 1. The Morgan fingerprint density at radius 3 is 3.07 bits per heavy atom. The number of hydrogen-bond acceptors (Lipinski definition) is 3.